The molecule has 0 bridgehead atoms. The van der Waals surface area contributed by atoms with Crippen molar-refractivity contribution in [3.63, 3.8) is 0 Å². The second-order valence-corrected chi connectivity index (χ2v) is 8.53. The number of hydrogen-bond donors (Lipinski definition) is 1. The number of nitrogens with zero attached hydrogens (tertiary/aromatic N) is 2. The van der Waals surface area contributed by atoms with E-state index in [1.54, 1.807) is 0 Å². The molecule has 4 aromatic rings. The van der Waals surface area contributed by atoms with Crippen LogP contribution in [0.4, 0.5) is 5.69 Å². The third kappa shape index (κ3) is 3.77. The molecule has 32 heavy (non-hydrogen) atoms. The summed E-state index contributed by atoms with van der Waals surface area (Å²) in [6, 6.07) is 25.8. The summed E-state index contributed by atoms with van der Waals surface area (Å²) in [5.74, 6) is 0.908. The Hall–Kier alpha value is -3.53. The third-order valence-corrected chi connectivity index (χ3v) is 6.04. The van der Waals surface area contributed by atoms with Crippen LogP contribution in [0.3, 0.4) is 0 Å². The van der Waals surface area contributed by atoms with Crippen molar-refractivity contribution in [2.45, 2.75) is 39.8 Å². The van der Waals surface area contributed by atoms with Crippen LogP contribution in [0.2, 0.25) is 0 Å². The van der Waals surface area contributed by atoms with Crippen LogP contribution in [0, 0.1) is 13.8 Å². The quantitative estimate of drug-likeness (QED) is 0.340. The first-order valence-corrected chi connectivity index (χ1v) is 11.4. The average molecular weight is 424 g/mol. The molecule has 3 aromatic carbocycles. The zero-order chi connectivity index (χ0) is 22.1. The van der Waals surface area contributed by atoms with Crippen LogP contribution < -0.4 is 10.1 Å². The zero-order valence-corrected chi connectivity index (χ0v) is 18.9. The van der Waals surface area contributed by atoms with Gasteiger partial charge in [0.05, 0.1) is 18.0 Å². The second kappa shape index (κ2) is 8.54. The summed E-state index contributed by atoms with van der Waals surface area (Å²) < 4.78 is 8.37. The van der Waals surface area contributed by atoms with Gasteiger partial charge in [-0.3, -0.25) is 0 Å². The first-order valence-electron chi connectivity index (χ1n) is 11.4. The van der Waals surface area contributed by atoms with E-state index in [9.17, 15) is 0 Å². The van der Waals surface area contributed by atoms with Gasteiger partial charge in [-0.2, -0.15) is 5.10 Å². The number of aromatic nitrogens is 2. The summed E-state index contributed by atoms with van der Waals surface area (Å²) in [6.45, 7) is 7.06. The summed E-state index contributed by atoms with van der Waals surface area (Å²) in [6.07, 6.45) is 2.00. The van der Waals surface area contributed by atoms with Crippen molar-refractivity contribution in [2.24, 2.45) is 0 Å². The molecule has 0 aliphatic carbocycles. The number of para-hydroxylation sites is 1. The van der Waals surface area contributed by atoms with Crippen LogP contribution >= 0.6 is 0 Å². The Kier molecular flexibility index (Phi) is 5.44. The van der Waals surface area contributed by atoms with E-state index in [2.05, 4.69) is 96.6 Å². The molecule has 1 aliphatic heterocycles. The van der Waals surface area contributed by atoms with E-state index in [0.29, 0.717) is 6.61 Å². The van der Waals surface area contributed by atoms with Gasteiger partial charge in [0, 0.05) is 16.8 Å². The molecule has 0 saturated carbocycles. The molecule has 1 atom stereocenters. The maximum absolute atomic E-state index is 6.27. The van der Waals surface area contributed by atoms with Crippen molar-refractivity contribution >= 4 is 5.69 Å². The molecular formula is C28H29N3O. The van der Waals surface area contributed by atoms with Crippen molar-refractivity contribution in [3.8, 4) is 28.1 Å². The maximum atomic E-state index is 6.27. The smallest absolute Gasteiger partial charge is 0.150 e. The number of nitrogens with one attached hydrogen (secondary N) is 1. The molecule has 4 heteroatoms. The maximum Gasteiger partial charge on any atom is 0.150 e. The number of ether oxygens (including phenoxy) is 1. The molecule has 1 aromatic heterocycles. The Morgan fingerprint density at radius 3 is 2.53 bits per heavy atom. The van der Waals surface area contributed by atoms with Gasteiger partial charge in [0.1, 0.15) is 5.75 Å². The molecule has 162 valence electrons. The predicted octanol–water partition coefficient (Wildman–Crippen LogP) is 6.99. The molecule has 2 heterocycles. The Bertz CT molecular complexity index is 1240. The summed E-state index contributed by atoms with van der Waals surface area (Å²) in [5, 5.41) is 8.58. The number of rotatable bonds is 6. The minimum Gasteiger partial charge on any atom is -0.493 e. The molecule has 4 nitrogen and oxygen atoms in total. The standard InChI is InChI=1S/C28H29N3O/c1-4-5-16-32-27-15-14-22(21-12-10-19(2)11-13-21)18-24(27)28-29-25-9-7-6-8-23(25)26-17-20(3)30-31(26)28/h6-15,17-18,28-29H,4-5,16H2,1-3H3. The molecule has 1 aliphatic rings. The van der Waals surface area contributed by atoms with Gasteiger partial charge in [-0.15, -0.1) is 0 Å². The topological polar surface area (TPSA) is 39.1 Å². The van der Waals surface area contributed by atoms with Crippen LogP contribution in [0.1, 0.15) is 42.8 Å². The van der Waals surface area contributed by atoms with E-state index in [1.807, 2.05) is 6.92 Å². The third-order valence-electron chi connectivity index (χ3n) is 6.04. The van der Waals surface area contributed by atoms with Gasteiger partial charge in [-0.05, 0) is 55.7 Å². The lowest BCUT2D eigenvalue weighted by atomic mass is 9.98. The normalized spacial score (nSPS) is 14.4. The van der Waals surface area contributed by atoms with E-state index in [4.69, 9.17) is 9.84 Å². The van der Waals surface area contributed by atoms with Crippen molar-refractivity contribution in [1.29, 1.82) is 0 Å². The van der Waals surface area contributed by atoms with Crippen LogP contribution in [0.5, 0.6) is 5.75 Å². The fourth-order valence-electron chi connectivity index (χ4n) is 4.31. The van der Waals surface area contributed by atoms with E-state index in [1.165, 1.54) is 22.3 Å². The average Bonchev–Trinajstić information content (AvgIpc) is 3.21. The second-order valence-electron chi connectivity index (χ2n) is 8.53. The zero-order valence-electron chi connectivity index (χ0n) is 18.9. The van der Waals surface area contributed by atoms with E-state index >= 15 is 0 Å². The Morgan fingerprint density at radius 2 is 1.72 bits per heavy atom. The number of aryl methyl sites for hydroxylation is 2. The summed E-state index contributed by atoms with van der Waals surface area (Å²) in [5.41, 5.74) is 9.15. The first-order chi connectivity index (χ1) is 15.6. The molecule has 5 rings (SSSR count). The fraction of sp³-hybridized carbons (Fsp3) is 0.250. The van der Waals surface area contributed by atoms with Crippen molar-refractivity contribution in [1.82, 2.24) is 9.78 Å². The van der Waals surface area contributed by atoms with Crippen LogP contribution in [-0.2, 0) is 0 Å². The van der Waals surface area contributed by atoms with Gasteiger partial charge in [-0.1, -0.05) is 67.4 Å². The highest BCUT2D eigenvalue weighted by atomic mass is 16.5. The lowest BCUT2D eigenvalue weighted by Gasteiger charge is -2.30. The number of benzene rings is 3. The van der Waals surface area contributed by atoms with E-state index < -0.39 is 0 Å². The number of unbranched alkanes of at least 4 members (excludes halogenated alkanes) is 1. The highest BCUT2D eigenvalue weighted by molar-refractivity contribution is 5.79. The van der Waals surface area contributed by atoms with Crippen molar-refractivity contribution in [3.05, 3.63) is 89.6 Å². The van der Waals surface area contributed by atoms with Crippen LogP contribution in [-0.4, -0.2) is 16.4 Å². The minimum atomic E-state index is -0.143. The highest BCUT2D eigenvalue weighted by Crippen LogP contribution is 2.41. The van der Waals surface area contributed by atoms with Crippen molar-refractivity contribution < 1.29 is 4.74 Å². The molecule has 0 fully saturated rings. The monoisotopic (exact) mass is 423 g/mol. The first kappa shape index (κ1) is 20.4. The Morgan fingerprint density at radius 1 is 0.938 bits per heavy atom. The summed E-state index contributed by atoms with van der Waals surface area (Å²) in [7, 11) is 0. The Balaban J connectivity index is 1.63. The molecule has 0 radical (unpaired) electrons. The van der Waals surface area contributed by atoms with E-state index in [-0.39, 0.29) is 6.17 Å². The molecule has 1 unspecified atom stereocenters. The lowest BCUT2D eigenvalue weighted by Crippen LogP contribution is -2.26. The summed E-state index contributed by atoms with van der Waals surface area (Å²) >= 11 is 0. The van der Waals surface area contributed by atoms with Crippen LogP contribution in [0.15, 0.2) is 72.8 Å². The molecule has 0 saturated heterocycles. The van der Waals surface area contributed by atoms with Gasteiger partial charge in [0.2, 0.25) is 0 Å². The number of hydrogen-bond acceptors (Lipinski definition) is 3. The van der Waals surface area contributed by atoms with Gasteiger partial charge in [0.15, 0.2) is 6.17 Å². The molecular weight excluding hydrogens is 394 g/mol. The van der Waals surface area contributed by atoms with Gasteiger partial charge in [0.25, 0.3) is 0 Å². The molecule has 0 spiro atoms. The Labute approximate surface area is 189 Å². The fourth-order valence-corrected chi connectivity index (χ4v) is 4.31. The molecule has 0 amide bonds. The minimum absolute atomic E-state index is 0.143. The van der Waals surface area contributed by atoms with Gasteiger partial charge < -0.3 is 10.1 Å². The predicted molar refractivity (Wildman–Crippen MR) is 131 cm³/mol. The number of anilines is 1. The van der Waals surface area contributed by atoms with E-state index in [0.717, 1.165) is 41.2 Å². The van der Waals surface area contributed by atoms with Crippen LogP contribution in [0.25, 0.3) is 22.4 Å². The lowest BCUT2D eigenvalue weighted by molar-refractivity contribution is 0.303. The molecule has 1 N–H and O–H groups in total. The van der Waals surface area contributed by atoms with Gasteiger partial charge in [-0.25, -0.2) is 4.68 Å². The largest absolute Gasteiger partial charge is 0.493 e. The van der Waals surface area contributed by atoms with Gasteiger partial charge >= 0.3 is 0 Å². The number of fused-ring (bicyclic) bond motifs is 3. The highest BCUT2D eigenvalue weighted by Gasteiger charge is 2.28. The van der Waals surface area contributed by atoms with Crippen molar-refractivity contribution in [2.75, 3.05) is 11.9 Å². The summed E-state index contributed by atoms with van der Waals surface area (Å²) in [4.78, 5) is 0. The SMILES string of the molecule is CCCCOc1ccc(-c2ccc(C)cc2)cc1C1Nc2ccccc2-c2cc(C)nn21.